The van der Waals surface area contributed by atoms with E-state index >= 15 is 0 Å². The first-order valence-electron chi connectivity index (χ1n) is 7.30. The number of methoxy groups -OCH3 is 1. The zero-order chi connectivity index (χ0) is 15.6. The standard InChI is InChI=1S/C17H19NO3S/c1-21-16-7-9-17(10-8-16)22(19,20)18-12-11-15(13-18)14-5-3-2-4-6-14/h2-10,15H,11-13H2,1H3. The van der Waals surface area contributed by atoms with E-state index in [1.165, 1.54) is 5.56 Å². The molecule has 1 fully saturated rings. The van der Waals surface area contributed by atoms with Crippen LogP contribution in [0.4, 0.5) is 0 Å². The molecule has 0 aromatic heterocycles. The van der Waals surface area contributed by atoms with Gasteiger partial charge in [-0.3, -0.25) is 0 Å². The van der Waals surface area contributed by atoms with Crippen LogP contribution in [0.2, 0.25) is 0 Å². The zero-order valence-electron chi connectivity index (χ0n) is 12.5. The molecule has 1 atom stereocenters. The maximum atomic E-state index is 12.7. The van der Waals surface area contributed by atoms with Gasteiger partial charge < -0.3 is 4.74 Å². The highest BCUT2D eigenvalue weighted by molar-refractivity contribution is 7.89. The average molecular weight is 317 g/mol. The lowest BCUT2D eigenvalue weighted by Crippen LogP contribution is -2.28. The molecule has 0 amide bonds. The molecule has 4 nitrogen and oxygen atoms in total. The molecule has 0 spiro atoms. The minimum Gasteiger partial charge on any atom is -0.497 e. The van der Waals surface area contributed by atoms with Crippen LogP contribution in [-0.2, 0) is 10.0 Å². The Labute approximate surface area is 131 Å². The molecular formula is C17H19NO3S. The SMILES string of the molecule is COc1ccc(S(=O)(=O)N2CCC(c3ccccc3)C2)cc1. The van der Waals surface area contributed by atoms with Crippen molar-refractivity contribution in [1.82, 2.24) is 4.31 Å². The number of rotatable bonds is 4. The minimum atomic E-state index is -3.43. The van der Waals surface area contributed by atoms with Crippen LogP contribution in [0.15, 0.2) is 59.5 Å². The number of hydrogen-bond donors (Lipinski definition) is 0. The molecule has 1 aliphatic heterocycles. The molecule has 0 saturated carbocycles. The third kappa shape index (κ3) is 2.87. The third-order valence-electron chi connectivity index (χ3n) is 4.12. The molecule has 5 heteroatoms. The summed E-state index contributed by atoms with van der Waals surface area (Å²) in [5.41, 5.74) is 1.20. The molecule has 2 aromatic rings. The van der Waals surface area contributed by atoms with Crippen molar-refractivity contribution in [1.29, 1.82) is 0 Å². The summed E-state index contributed by atoms with van der Waals surface area (Å²) in [4.78, 5) is 0.321. The van der Waals surface area contributed by atoms with Gasteiger partial charge >= 0.3 is 0 Å². The van der Waals surface area contributed by atoms with Gasteiger partial charge in [0.25, 0.3) is 0 Å². The molecule has 0 aliphatic carbocycles. The number of nitrogens with zero attached hydrogens (tertiary/aromatic N) is 1. The fourth-order valence-electron chi connectivity index (χ4n) is 2.84. The van der Waals surface area contributed by atoms with Crippen molar-refractivity contribution < 1.29 is 13.2 Å². The minimum absolute atomic E-state index is 0.272. The predicted molar refractivity (Wildman–Crippen MR) is 85.6 cm³/mol. The Kier molecular flexibility index (Phi) is 4.18. The molecule has 1 heterocycles. The molecule has 0 radical (unpaired) electrons. The van der Waals surface area contributed by atoms with Crippen molar-refractivity contribution in [3.8, 4) is 5.75 Å². The second-order valence-corrected chi connectivity index (χ2v) is 7.37. The van der Waals surface area contributed by atoms with Gasteiger partial charge in [0, 0.05) is 13.1 Å². The smallest absolute Gasteiger partial charge is 0.243 e. The lowest BCUT2D eigenvalue weighted by atomic mass is 9.99. The maximum absolute atomic E-state index is 12.7. The van der Waals surface area contributed by atoms with E-state index in [2.05, 4.69) is 12.1 Å². The average Bonchev–Trinajstić information content (AvgIpc) is 3.06. The van der Waals surface area contributed by atoms with E-state index in [9.17, 15) is 8.42 Å². The van der Waals surface area contributed by atoms with Crippen molar-refractivity contribution in [3.63, 3.8) is 0 Å². The lowest BCUT2D eigenvalue weighted by Gasteiger charge is -2.17. The Bertz CT molecular complexity index is 726. The van der Waals surface area contributed by atoms with E-state index < -0.39 is 10.0 Å². The Morgan fingerprint density at radius 2 is 1.73 bits per heavy atom. The molecule has 1 saturated heterocycles. The molecule has 116 valence electrons. The molecule has 22 heavy (non-hydrogen) atoms. The van der Waals surface area contributed by atoms with Gasteiger partial charge in [-0.2, -0.15) is 4.31 Å². The van der Waals surface area contributed by atoms with E-state index in [1.807, 2.05) is 18.2 Å². The summed E-state index contributed by atoms with van der Waals surface area (Å²) < 4.78 is 32.0. The van der Waals surface area contributed by atoms with E-state index in [0.717, 1.165) is 6.42 Å². The molecular weight excluding hydrogens is 298 g/mol. The third-order valence-corrected chi connectivity index (χ3v) is 6.00. The highest BCUT2D eigenvalue weighted by atomic mass is 32.2. The molecule has 2 aromatic carbocycles. The van der Waals surface area contributed by atoms with Crippen LogP contribution in [0.3, 0.4) is 0 Å². The molecule has 1 unspecified atom stereocenters. The normalized spacial score (nSPS) is 19.2. The van der Waals surface area contributed by atoms with Gasteiger partial charge in [0.15, 0.2) is 0 Å². The molecule has 0 bridgehead atoms. The van der Waals surface area contributed by atoms with Crippen LogP contribution >= 0.6 is 0 Å². The number of sulfonamides is 1. The van der Waals surface area contributed by atoms with Crippen LogP contribution in [0.25, 0.3) is 0 Å². The Morgan fingerprint density at radius 3 is 2.36 bits per heavy atom. The van der Waals surface area contributed by atoms with Crippen molar-refractivity contribution >= 4 is 10.0 Å². The quantitative estimate of drug-likeness (QED) is 0.871. The van der Waals surface area contributed by atoms with Gasteiger partial charge in [-0.25, -0.2) is 8.42 Å². The summed E-state index contributed by atoms with van der Waals surface area (Å²) in [6.45, 7) is 1.10. The fourth-order valence-corrected chi connectivity index (χ4v) is 4.34. The zero-order valence-corrected chi connectivity index (χ0v) is 13.3. The number of benzene rings is 2. The maximum Gasteiger partial charge on any atom is 0.243 e. The van der Waals surface area contributed by atoms with Crippen LogP contribution in [0.1, 0.15) is 17.9 Å². The fraction of sp³-hybridized carbons (Fsp3) is 0.294. The first-order valence-corrected chi connectivity index (χ1v) is 8.74. The second-order valence-electron chi connectivity index (χ2n) is 5.43. The van der Waals surface area contributed by atoms with Crippen LogP contribution in [-0.4, -0.2) is 32.9 Å². The summed E-state index contributed by atoms with van der Waals surface area (Å²) in [5.74, 6) is 0.928. The Hall–Kier alpha value is -1.85. The number of ether oxygens (including phenoxy) is 1. The Balaban J connectivity index is 1.79. The van der Waals surface area contributed by atoms with Crippen molar-refractivity contribution in [2.45, 2.75) is 17.2 Å². The predicted octanol–water partition coefficient (Wildman–Crippen LogP) is 2.87. The van der Waals surface area contributed by atoms with Crippen molar-refractivity contribution in [2.24, 2.45) is 0 Å². The molecule has 0 N–H and O–H groups in total. The largest absolute Gasteiger partial charge is 0.497 e. The van der Waals surface area contributed by atoms with Gasteiger partial charge in [0.05, 0.1) is 12.0 Å². The van der Waals surface area contributed by atoms with E-state index in [-0.39, 0.29) is 5.92 Å². The topological polar surface area (TPSA) is 46.6 Å². The molecule has 3 rings (SSSR count). The van der Waals surface area contributed by atoms with E-state index in [0.29, 0.717) is 23.7 Å². The van der Waals surface area contributed by atoms with Gasteiger partial charge in [0.1, 0.15) is 5.75 Å². The summed E-state index contributed by atoms with van der Waals surface area (Å²) in [5, 5.41) is 0. The van der Waals surface area contributed by atoms with E-state index in [1.54, 1.807) is 35.7 Å². The van der Waals surface area contributed by atoms with Gasteiger partial charge in [-0.05, 0) is 42.2 Å². The monoisotopic (exact) mass is 317 g/mol. The lowest BCUT2D eigenvalue weighted by molar-refractivity contribution is 0.414. The number of hydrogen-bond acceptors (Lipinski definition) is 3. The summed E-state index contributed by atoms with van der Waals surface area (Å²) in [6.07, 6.45) is 0.861. The first-order chi connectivity index (χ1) is 10.6. The summed E-state index contributed by atoms with van der Waals surface area (Å²) in [6, 6.07) is 16.7. The first kappa shape index (κ1) is 15.1. The second kappa shape index (κ2) is 6.10. The van der Waals surface area contributed by atoms with Gasteiger partial charge in [-0.15, -0.1) is 0 Å². The highest BCUT2D eigenvalue weighted by Gasteiger charge is 2.33. The van der Waals surface area contributed by atoms with Gasteiger partial charge in [0.2, 0.25) is 10.0 Å². The Morgan fingerprint density at radius 1 is 1.05 bits per heavy atom. The van der Waals surface area contributed by atoms with Crippen molar-refractivity contribution in [3.05, 3.63) is 60.2 Å². The summed E-state index contributed by atoms with van der Waals surface area (Å²) in [7, 11) is -1.86. The summed E-state index contributed by atoms with van der Waals surface area (Å²) >= 11 is 0. The van der Waals surface area contributed by atoms with Gasteiger partial charge in [-0.1, -0.05) is 30.3 Å². The van der Waals surface area contributed by atoms with E-state index in [4.69, 9.17) is 4.74 Å². The van der Waals surface area contributed by atoms with Crippen LogP contribution in [0.5, 0.6) is 5.75 Å². The van der Waals surface area contributed by atoms with Crippen LogP contribution < -0.4 is 4.74 Å². The van der Waals surface area contributed by atoms with Crippen LogP contribution in [0, 0.1) is 0 Å². The molecule has 1 aliphatic rings. The van der Waals surface area contributed by atoms with Crippen molar-refractivity contribution in [2.75, 3.05) is 20.2 Å². The highest BCUT2D eigenvalue weighted by Crippen LogP contribution is 2.31.